The average molecular weight is 506 g/mol. The van der Waals surface area contributed by atoms with Crippen molar-refractivity contribution in [2.24, 2.45) is 0 Å². The Bertz CT molecular complexity index is 1560. The van der Waals surface area contributed by atoms with Crippen molar-refractivity contribution in [2.75, 3.05) is 18.5 Å². The first kappa shape index (κ1) is 22.1. The minimum absolute atomic E-state index is 0.0585. The molecule has 0 atom stereocenters. The molecule has 1 aromatic carbocycles. The van der Waals surface area contributed by atoms with Gasteiger partial charge in [0.15, 0.2) is 5.65 Å². The van der Waals surface area contributed by atoms with Gasteiger partial charge in [-0.05, 0) is 75.8 Å². The lowest BCUT2D eigenvalue weighted by molar-refractivity contribution is 0.382. The zero-order valence-corrected chi connectivity index (χ0v) is 21.2. The number of halogens is 1. The number of hydrogen-bond donors (Lipinski definition) is 2. The SMILES string of the molecule is CC1(C)NCCc2cc(Nc3ncc4c(=O)n(C5CC5)n(-c5nc(C6(CF)CC6)cs5)c4n3)ccc21. The molecule has 0 radical (unpaired) electrons. The first-order valence-electron chi connectivity index (χ1n) is 12.6. The molecule has 2 N–H and O–H groups in total. The zero-order valence-electron chi connectivity index (χ0n) is 20.3. The van der Waals surface area contributed by atoms with Gasteiger partial charge in [0.05, 0.1) is 11.7 Å². The van der Waals surface area contributed by atoms with Crippen LogP contribution in [0, 0.1) is 0 Å². The minimum atomic E-state index is -0.444. The van der Waals surface area contributed by atoms with Crippen molar-refractivity contribution >= 4 is 34.0 Å². The van der Waals surface area contributed by atoms with E-state index in [0.29, 0.717) is 22.1 Å². The molecule has 3 aromatic heterocycles. The monoisotopic (exact) mass is 505 g/mol. The molecule has 186 valence electrons. The van der Waals surface area contributed by atoms with Crippen LogP contribution in [0.5, 0.6) is 0 Å². The van der Waals surface area contributed by atoms with E-state index in [1.807, 2.05) is 16.1 Å². The fraction of sp³-hybridized carbons (Fsp3) is 0.462. The second kappa shape index (κ2) is 7.69. The van der Waals surface area contributed by atoms with Crippen LogP contribution >= 0.6 is 11.3 Å². The molecule has 8 nitrogen and oxygen atoms in total. The third-order valence-corrected chi connectivity index (χ3v) is 8.65. The van der Waals surface area contributed by atoms with Gasteiger partial charge in [-0.2, -0.15) is 4.98 Å². The van der Waals surface area contributed by atoms with Gasteiger partial charge in [-0.1, -0.05) is 6.07 Å². The van der Waals surface area contributed by atoms with Crippen molar-refractivity contribution in [3.05, 3.63) is 57.0 Å². The number of thiazole rings is 1. The van der Waals surface area contributed by atoms with E-state index in [1.165, 1.54) is 22.5 Å². The minimum Gasteiger partial charge on any atom is -0.324 e. The third kappa shape index (κ3) is 3.42. The molecule has 0 spiro atoms. The average Bonchev–Trinajstić information content (AvgIpc) is 3.79. The van der Waals surface area contributed by atoms with Gasteiger partial charge in [-0.3, -0.25) is 9.18 Å². The summed E-state index contributed by atoms with van der Waals surface area (Å²) in [5.74, 6) is 0.427. The Kier molecular flexibility index (Phi) is 4.73. The molecular weight excluding hydrogens is 477 g/mol. The Morgan fingerprint density at radius 2 is 2.08 bits per heavy atom. The lowest BCUT2D eigenvalue weighted by Crippen LogP contribution is -2.42. The summed E-state index contributed by atoms with van der Waals surface area (Å²) in [6.45, 7) is 4.93. The van der Waals surface area contributed by atoms with Crippen LogP contribution in [-0.2, 0) is 17.4 Å². The van der Waals surface area contributed by atoms with Crippen molar-refractivity contribution < 1.29 is 4.39 Å². The van der Waals surface area contributed by atoms with Crippen LogP contribution in [0.2, 0.25) is 0 Å². The van der Waals surface area contributed by atoms with Crippen molar-refractivity contribution in [3.8, 4) is 5.13 Å². The molecule has 1 aliphatic heterocycles. The number of anilines is 2. The van der Waals surface area contributed by atoms with Gasteiger partial charge in [-0.15, -0.1) is 11.3 Å². The highest BCUT2D eigenvalue weighted by Crippen LogP contribution is 2.49. The molecule has 3 aliphatic rings. The number of nitrogens with zero attached hydrogens (tertiary/aromatic N) is 5. The molecule has 2 fully saturated rings. The zero-order chi connectivity index (χ0) is 24.7. The number of fused-ring (bicyclic) bond motifs is 2. The first-order valence-corrected chi connectivity index (χ1v) is 13.4. The van der Waals surface area contributed by atoms with Crippen LogP contribution < -0.4 is 16.2 Å². The summed E-state index contributed by atoms with van der Waals surface area (Å²) in [5, 5.41) is 9.95. The summed E-state index contributed by atoms with van der Waals surface area (Å²) in [5.41, 5.74) is 4.21. The van der Waals surface area contributed by atoms with Gasteiger partial charge >= 0.3 is 0 Å². The maximum Gasteiger partial charge on any atom is 0.278 e. The number of nitrogens with one attached hydrogen (secondary N) is 2. The van der Waals surface area contributed by atoms with Crippen molar-refractivity contribution in [2.45, 2.75) is 62.9 Å². The Hall–Kier alpha value is -3.11. The van der Waals surface area contributed by atoms with Crippen molar-refractivity contribution in [3.63, 3.8) is 0 Å². The molecule has 7 rings (SSSR count). The van der Waals surface area contributed by atoms with Crippen LogP contribution in [0.15, 0.2) is 34.6 Å². The number of hydrogen-bond acceptors (Lipinski definition) is 7. The number of alkyl halides is 1. The van der Waals surface area contributed by atoms with Gasteiger partial charge in [0.25, 0.3) is 5.56 Å². The smallest absolute Gasteiger partial charge is 0.278 e. The predicted octanol–water partition coefficient (Wildman–Crippen LogP) is 4.50. The second-order valence-corrected chi connectivity index (χ2v) is 11.7. The number of aromatic nitrogens is 5. The highest BCUT2D eigenvalue weighted by molar-refractivity contribution is 7.12. The molecule has 2 saturated carbocycles. The molecule has 0 bridgehead atoms. The van der Waals surface area contributed by atoms with E-state index in [4.69, 9.17) is 9.97 Å². The summed E-state index contributed by atoms with van der Waals surface area (Å²) >= 11 is 1.44. The normalized spacial score (nSPS) is 19.9. The largest absolute Gasteiger partial charge is 0.324 e. The summed E-state index contributed by atoms with van der Waals surface area (Å²) in [6, 6.07) is 6.48. The van der Waals surface area contributed by atoms with Crippen LogP contribution in [-0.4, -0.2) is 37.5 Å². The summed E-state index contributed by atoms with van der Waals surface area (Å²) in [7, 11) is 0. The van der Waals surface area contributed by atoms with E-state index in [9.17, 15) is 9.18 Å². The molecular formula is C26H28FN7OS. The van der Waals surface area contributed by atoms with Crippen LogP contribution in [0.3, 0.4) is 0 Å². The molecule has 2 aliphatic carbocycles. The van der Waals surface area contributed by atoms with E-state index in [0.717, 1.165) is 50.0 Å². The summed E-state index contributed by atoms with van der Waals surface area (Å²) in [6.07, 6.45) is 6.10. The maximum absolute atomic E-state index is 13.7. The van der Waals surface area contributed by atoms with Crippen LogP contribution in [0.25, 0.3) is 16.2 Å². The number of benzene rings is 1. The van der Waals surface area contributed by atoms with Crippen LogP contribution in [0.1, 0.15) is 62.4 Å². The topological polar surface area (TPSA) is 89.7 Å². The third-order valence-electron chi connectivity index (χ3n) is 7.84. The molecule has 36 heavy (non-hydrogen) atoms. The standard InChI is InChI=1S/C26H28FN7OS/c1-25(2)19-6-3-16(11-15(19)7-10-29-25)30-23-28-12-18-21(32-23)34(33(22(18)35)17-4-5-17)24-31-20(13-36-24)26(14-27)8-9-26/h3,6,11-13,17,29H,4-5,7-10,14H2,1-2H3,(H,28,30,32). The molecule has 4 heterocycles. The van der Waals surface area contributed by atoms with E-state index in [2.05, 4.69) is 41.6 Å². The summed E-state index contributed by atoms with van der Waals surface area (Å²) < 4.78 is 17.3. The van der Waals surface area contributed by atoms with Gasteiger partial charge in [0.2, 0.25) is 11.1 Å². The Morgan fingerprint density at radius 1 is 1.25 bits per heavy atom. The molecule has 4 aromatic rings. The Labute approximate surface area is 211 Å². The van der Waals surface area contributed by atoms with Gasteiger partial charge in [0.1, 0.15) is 12.1 Å². The molecule has 0 unspecified atom stereocenters. The lowest BCUT2D eigenvalue weighted by Gasteiger charge is -2.34. The predicted molar refractivity (Wildman–Crippen MR) is 138 cm³/mol. The van der Waals surface area contributed by atoms with E-state index < -0.39 is 12.1 Å². The van der Waals surface area contributed by atoms with E-state index in [-0.39, 0.29) is 17.1 Å². The second-order valence-electron chi connectivity index (χ2n) is 10.9. The van der Waals surface area contributed by atoms with Gasteiger partial charge < -0.3 is 10.6 Å². The highest BCUT2D eigenvalue weighted by Gasteiger charge is 2.47. The lowest BCUT2D eigenvalue weighted by atomic mass is 9.85. The van der Waals surface area contributed by atoms with Gasteiger partial charge in [0, 0.05) is 28.2 Å². The fourth-order valence-corrected chi connectivity index (χ4v) is 6.27. The number of rotatable bonds is 6. The van der Waals surface area contributed by atoms with Crippen molar-refractivity contribution in [1.29, 1.82) is 0 Å². The van der Waals surface area contributed by atoms with Gasteiger partial charge in [-0.25, -0.2) is 19.3 Å². The Balaban J connectivity index is 1.30. The van der Waals surface area contributed by atoms with Crippen LogP contribution in [0.4, 0.5) is 16.0 Å². The quantitative estimate of drug-likeness (QED) is 0.401. The molecule has 10 heteroatoms. The van der Waals surface area contributed by atoms with Crippen molar-refractivity contribution in [1.82, 2.24) is 29.6 Å². The molecule has 0 saturated heterocycles. The highest BCUT2D eigenvalue weighted by atomic mass is 32.1. The summed E-state index contributed by atoms with van der Waals surface area (Å²) in [4.78, 5) is 27.4. The molecule has 0 amide bonds. The van der Waals surface area contributed by atoms with E-state index in [1.54, 1.807) is 10.9 Å². The fourth-order valence-electron chi connectivity index (χ4n) is 5.33. The maximum atomic E-state index is 13.7. The van der Waals surface area contributed by atoms with E-state index >= 15 is 0 Å². The Morgan fingerprint density at radius 3 is 2.83 bits per heavy atom. The first-order chi connectivity index (χ1) is 17.4.